The number of aromatic hydroxyl groups is 1. The van der Waals surface area contributed by atoms with Crippen LogP contribution in [0, 0.1) is 0 Å². The van der Waals surface area contributed by atoms with Crippen LogP contribution in [0.5, 0.6) is 11.5 Å². The predicted molar refractivity (Wildman–Crippen MR) is 90.0 cm³/mol. The third kappa shape index (κ3) is 4.33. The zero-order valence-corrected chi connectivity index (χ0v) is 14.5. The van der Waals surface area contributed by atoms with Gasteiger partial charge in [0.1, 0.15) is 0 Å². The first-order valence-electron chi connectivity index (χ1n) is 6.44. The van der Waals surface area contributed by atoms with Crippen LogP contribution in [0.3, 0.4) is 0 Å². The summed E-state index contributed by atoms with van der Waals surface area (Å²) in [5.74, 6) is 0.159. The van der Waals surface area contributed by atoms with Crippen molar-refractivity contribution in [1.82, 2.24) is 0 Å². The van der Waals surface area contributed by atoms with Gasteiger partial charge < -0.3 is 9.84 Å². The summed E-state index contributed by atoms with van der Waals surface area (Å²) >= 11 is 9.02. The number of nitrogens with zero attached hydrogens (tertiary/aromatic N) is 1. The Morgan fingerprint density at radius 3 is 2.62 bits per heavy atom. The second-order valence-corrected chi connectivity index (χ2v) is 5.88. The number of hydrogen-bond donors (Lipinski definition) is 2. The number of hydrogen-bond acceptors (Lipinski definition) is 4. The molecule has 2 rings (SSSR count). The number of ether oxygens (including phenoxy) is 1. The van der Waals surface area contributed by atoms with Gasteiger partial charge in [0.05, 0.1) is 34.1 Å². The molecule has 0 amide bonds. The van der Waals surface area contributed by atoms with E-state index in [1.165, 1.54) is 19.4 Å². The Bertz CT molecular complexity index is 782. The van der Waals surface area contributed by atoms with Gasteiger partial charge in [-0.05, 0) is 51.8 Å². The fourth-order valence-electron chi connectivity index (χ4n) is 1.79. The van der Waals surface area contributed by atoms with E-state index in [2.05, 4.69) is 26.5 Å². The van der Waals surface area contributed by atoms with E-state index in [-0.39, 0.29) is 22.2 Å². The van der Waals surface area contributed by atoms with Gasteiger partial charge in [0.25, 0.3) is 0 Å². The Labute approximate surface area is 149 Å². The average molecular weight is 424 g/mol. The Morgan fingerprint density at radius 2 is 2.00 bits per heavy atom. The van der Waals surface area contributed by atoms with Crippen molar-refractivity contribution in [1.29, 1.82) is 0 Å². The number of benzene rings is 2. The lowest BCUT2D eigenvalue weighted by Gasteiger charge is -2.10. The summed E-state index contributed by atoms with van der Waals surface area (Å²) in [7, 11) is 1.39. The molecular formula is C15H11BrClF3N2O2. The number of alkyl halides is 3. The number of methoxy groups -OCH3 is 1. The van der Waals surface area contributed by atoms with Crippen molar-refractivity contribution in [2.45, 2.75) is 6.18 Å². The van der Waals surface area contributed by atoms with Gasteiger partial charge >= 0.3 is 6.18 Å². The van der Waals surface area contributed by atoms with Crippen LogP contribution in [0.2, 0.25) is 5.02 Å². The number of hydrazone groups is 1. The highest BCUT2D eigenvalue weighted by atomic mass is 79.9. The highest BCUT2D eigenvalue weighted by molar-refractivity contribution is 9.10. The maximum Gasteiger partial charge on any atom is 0.416 e. The number of phenolic OH excluding ortho intramolecular Hbond substituents is 1. The van der Waals surface area contributed by atoms with Gasteiger partial charge in [0, 0.05) is 0 Å². The van der Waals surface area contributed by atoms with Crippen LogP contribution >= 0.6 is 27.5 Å². The molecule has 2 aromatic carbocycles. The van der Waals surface area contributed by atoms with Crippen LogP contribution in [0.1, 0.15) is 11.1 Å². The van der Waals surface area contributed by atoms with Crippen molar-refractivity contribution in [2.75, 3.05) is 12.5 Å². The lowest BCUT2D eigenvalue weighted by atomic mass is 10.2. The lowest BCUT2D eigenvalue weighted by Crippen LogP contribution is -2.05. The van der Waals surface area contributed by atoms with E-state index in [1.807, 2.05) is 0 Å². The second-order valence-electron chi connectivity index (χ2n) is 4.62. The van der Waals surface area contributed by atoms with E-state index in [0.29, 0.717) is 10.0 Å². The molecule has 0 radical (unpaired) electrons. The van der Waals surface area contributed by atoms with Gasteiger partial charge in [-0.25, -0.2) is 0 Å². The Kier molecular flexibility index (Phi) is 5.61. The molecule has 9 heteroatoms. The molecule has 0 aliphatic rings. The number of nitrogens with one attached hydrogen (secondary N) is 1. The van der Waals surface area contributed by atoms with Crippen LogP contribution in [0.15, 0.2) is 39.9 Å². The van der Waals surface area contributed by atoms with E-state index >= 15 is 0 Å². The standard InChI is InChI=1S/C15H11BrClF3N2O2/c1-24-13-5-8(4-10(16)14(13)23)7-21-22-12-6-9(15(18,19)20)2-3-11(12)17/h2-7,22-23H,1H3. The molecule has 2 N–H and O–H groups in total. The quantitative estimate of drug-likeness (QED) is 0.519. The maximum absolute atomic E-state index is 12.7. The average Bonchev–Trinajstić information content (AvgIpc) is 2.51. The highest BCUT2D eigenvalue weighted by Gasteiger charge is 2.30. The molecule has 0 aliphatic heterocycles. The van der Waals surface area contributed by atoms with Gasteiger partial charge in [-0.15, -0.1) is 0 Å². The van der Waals surface area contributed by atoms with Gasteiger partial charge in [-0.3, -0.25) is 5.43 Å². The Balaban J connectivity index is 2.22. The van der Waals surface area contributed by atoms with E-state index in [4.69, 9.17) is 16.3 Å². The highest BCUT2D eigenvalue weighted by Crippen LogP contribution is 2.35. The minimum Gasteiger partial charge on any atom is -0.503 e. The smallest absolute Gasteiger partial charge is 0.416 e. The van der Waals surface area contributed by atoms with Gasteiger partial charge in [-0.1, -0.05) is 11.6 Å². The molecule has 0 aliphatic carbocycles. The molecule has 0 bridgehead atoms. The van der Waals surface area contributed by atoms with E-state index in [1.54, 1.807) is 6.07 Å². The normalized spacial score (nSPS) is 11.8. The molecule has 0 spiro atoms. The number of halogens is 5. The van der Waals surface area contributed by atoms with Crippen molar-refractivity contribution in [2.24, 2.45) is 5.10 Å². The van der Waals surface area contributed by atoms with Gasteiger partial charge in [0.2, 0.25) is 0 Å². The third-order valence-corrected chi connectivity index (χ3v) is 3.90. The van der Waals surface area contributed by atoms with Crippen molar-refractivity contribution in [3.8, 4) is 11.5 Å². The SMILES string of the molecule is COc1cc(C=NNc2cc(C(F)(F)F)ccc2Cl)cc(Br)c1O. The Morgan fingerprint density at radius 1 is 1.29 bits per heavy atom. The van der Waals surface area contributed by atoms with Crippen LogP contribution in [0.4, 0.5) is 18.9 Å². The topological polar surface area (TPSA) is 53.8 Å². The molecule has 0 fully saturated rings. The minimum absolute atomic E-state index is 0.0209. The molecule has 128 valence electrons. The first-order valence-corrected chi connectivity index (χ1v) is 7.62. The van der Waals surface area contributed by atoms with Gasteiger partial charge in [-0.2, -0.15) is 18.3 Å². The maximum atomic E-state index is 12.7. The van der Waals surface area contributed by atoms with Crippen LogP contribution < -0.4 is 10.2 Å². The number of phenols is 1. The largest absolute Gasteiger partial charge is 0.503 e. The van der Waals surface area contributed by atoms with Crippen molar-refractivity contribution < 1.29 is 23.0 Å². The zero-order valence-electron chi connectivity index (χ0n) is 12.2. The fraction of sp³-hybridized carbons (Fsp3) is 0.133. The summed E-state index contributed by atoms with van der Waals surface area (Å²) < 4.78 is 43.5. The van der Waals surface area contributed by atoms with Crippen LogP contribution in [0.25, 0.3) is 0 Å². The molecular weight excluding hydrogens is 413 g/mol. The minimum atomic E-state index is -4.47. The monoisotopic (exact) mass is 422 g/mol. The first kappa shape index (κ1) is 18.4. The summed E-state index contributed by atoms with van der Waals surface area (Å²) in [6, 6.07) is 5.98. The molecule has 0 saturated heterocycles. The zero-order chi connectivity index (χ0) is 17.9. The molecule has 4 nitrogen and oxygen atoms in total. The lowest BCUT2D eigenvalue weighted by molar-refractivity contribution is -0.137. The van der Waals surface area contributed by atoms with E-state index in [9.17, 15) is 18.3 Å². The van der Waals surface area contributed by atoms with Crippen molar-refractivity contribution >= 4 is 39.4 Å². The summed E-state index contributed by atoms with van der Waals surface area (Å²) in [5.41, 5.74) is 2.20. The number of anilines is 1. The van der Waals surface area contributed by atoms with E-state index in [0.717, 1.165) is 18.2 Å². The molecule has 0 saturated carbocycles. The molecule has 2 aromatic rings. The molecule has 0 heterocycles. The molecule has 24 heavy (non-hydrogen) atoms. The fourth-order valence-corrected chi connectivity index (χ4v) is 2.41. The third-order valence-electron chi connectivity index (χ3n) is 2.96. The van der Waals surface area contributed by atoms with Crippen LogP contribution in [-0.4, -0.2) is 18.4 Å². The summed E-state index contributed by atoms with van der Waals surface area (Å²) in [6.45, 7) is 0. The van der Waals surface area contributed by atoms with Crippen molar-refractivity contribution in [3.05, 3.63) is 51.0 Å². The predicted octanol–water partition coefficient (Wildman–Crippen LogP) is 5.28. The first-order chi connectivity index (χ1) is 11.2. The summed E-state index contributed by atoms with van der Waals surface area (Å²) in [6.07, 6.45) is -3.12. The van der Waals surface area contributed by atoms with E-state index < -0.39 is 11.7 Å². The summed E-state index contributed by atoms with van der Waals surface area (Å²) in [5, 5.41) is 13.7. The summed E-state index contributed by atoms with van der Waals surface area (Å²) in [4.78, 5) is 0. The number of rotatable bonds is 4. The molecule has 0 aromatic heterocycles. The molecule has 0 atom stereocenters. The molecule has 0 unspecified atom stereocenters. The second kappa shape index (κ2) is 7.31. The van der Waals surface area contributed by atoms with Crippen molar-refractivity contribution in [3.63, 3.8) is 0 Å². The van der Waals surface area contributed by atoms with Gasteiger partial charge in [0.15, 0.2) is 11.5 Å². The Hall–Kier alpha value is -1.93. The van der Waals surface area contributed by atoms with Crippen LogP contribution in [-0.2, 0) is 6.18 Å².